The second-order valence-electron chi connectivity index (χ2n) is 5.93. The molecule has 0 amide bonds. The number of aromatic nitrogens is 1. The van der Waals surface area contributed by atoms with Gasteiger partial charge in [-0.2, -0.15) is 0 Å². The van der Waals surface area contributed by atoms with Crippen molar-refractivity contribution in [2.24, 2.45) is 0 Å². The Kier molecular flexibility index (Phi) is 5.26. The normalized spacial score (nSPS) is 20.0. The van der Waals surface area contributed by atoms with Crippen LogP contribution in [-0.2, 0) is 14.8 Å². The average Bonchev–Trinajstić information content (AvgIpc) is 2.85. The van der Waals surface area contributed by atoms with E-state index in [-0.39, 0.29) is 10.4 Å². The van der Waals surface area contributed by atoms with Crippen LogP contribution in [0.3, 0.4) is 0 Å². The van der Waals surface area contributed by atoms with E-state index in [1.165, 1.54) is 0 Å². The van der Waals surface area contributed by atoms with Crippen molar-refractivity contribution >= 4 is 10.0 Å². The first kappa shape index (κ1) is 17.4. The van der Waals surface area contributed by atoms with E-state index in [0.29, 0.717) is 31.2 Å². The molecule has 0 aliphatic carbocycles. The van der Waals surface area contributed by atoms with E-state index in [4.69, 9.17) is 9.26 Å². The van der Waals surface area contributed by atoms with E-state index >= 15 is 0 Å². The topological polar surface area (TPSA) is 84.7 Å². The Hall–Kier alpha value is -0.960. The Morgan fingerprint density at radius 2 is 1.95 bits per heavy atom. The van der Waals surface area contributed by atoms with Crippen LogP contribution >= 0.6 is 0 Å². The van der Waals surface area contributed by atoms with E-state index in [9.17, 15) is 8.42 Å². The van der Waals surface area contributed by atoms with E-state index in [2.05, 4.69) is 28.6 Å². The van der Waals surface area contributed by atoms with E-state index in [1.54, 1.807) is 13.8 Å². The van der Waals surface area contributed by atoms with Crippen molar-refractivity contribution < 1.29 is 17.7 Å². The summed E-state index contributed by atoms with van der Waals surface area (Å²) in [5.74, 6) is 0.314. The van der Waals surface area contributed by atoms with Gasteiger partial charge in [0.2, 0.25) is 10.0 Å². The minimum absolute atomic E-state index is 0.146. The lowest BCUT2D eigenvalue weighted by Crippen LogP contribution is -2.56. The number of nitrogens with one attached hydrogen (secondary N) is 1. The van der Waals surface area contributed by atoms with Crippen LogP contribution in [0.2, 0.25) is 0 Å². The average molecular weight is 331 g/mol. The zero-order valence-corrected chi connectivity index (χ0v) is 14.5. The molecule has 1 aliphatic rings. The zero-order chi connectivity index (χ0) is 16.4. The molecule has 0 saturated carbocycles. The molecular weight excluding hydrogens is 306 g/mol. The summed E-state index contributed by atoms with van der Waals surface area (Å²) in [5, 5.41) is 3.72. The molecule has 0 spiro atoms. The predicted molar refractivity (Wildman–Crippen MR) is 82.3 cm³/mol. The molecule has 1 unspecified atom stereocenters. The highest BCUT2D eigenvalue weighted by Gasteiger charge is 2.34. The van der Waals surface area contributed by atoms with Crippen molar-refractivity contribution in [3.63, 3.8) is 0 Å². The first-order valence-electron chi connectivity index (χ1n) is 7.55. The van der Waals surface area contributed by atoms with Gasteiger partial charge in [0.05, 0.1) is 13.2 Å². The highest BCUT2D eigenvalue weighted by atomic mass is 32.2. The summed E-state index contributed by atoms with van der Waals surface area (Å²) in [5.41, 5.74) is 0.144. The third-order valence-corrected chi connectivity index (χ3v) is 6.06. The molecule has 0 aromatic carbocycles. The molecule has 1 fully saturated rings. The molecule has 0 bridgehead atoms. The Balaban J connectivity index is 2.12. The van der Waals surface area contributed by atoms with Crippen molar-refractivity contribution in [2.75, 3.05) is 32.8 Å². The zero-order valence-electron chi connectivity index (χ0n) is 13.7. The molecule has 1 saturated heterocycles. The van der Waals surface area contributed by atoms with Crippen LogP contribution in [-0.4, -0.2) is 56.9 Å². The van der Waals surface area contributed by atoms with Crippen molar-refractivity contribution in [3.05, 3.63) is 11.5 Å². The van der Waals surface area contributed by atoms with Gasteiger partial charge in [0.25, 0.3) is 0 Å². The van der Waals surface area contributed by atoms with Gasteiger partial charge in [-0.25, -0.2) is 13.1 Å². The SMILES string of the molecule is CCC(C)(CNS(=O)(=O)c1c(C)noc1C)N1CCOCC1. The van der Waals surface area contributed by atoms with E-state index < -0.39 is 10.0 Å². The molecule has 1 aromatic rings. The summed E-state index contributed by atoms with van der Waals surface area (Å²) in [7, 11) is -3.62. The van der Waals surface area contributed by atoms with Gasteiger partial charge in [-0.05, 0) is 27.2 Å². The Morgan fingerprint density at radius 1 is 1.32 bits per heavy atom. The minimum Gasteiger partial charge on any atom is -0.379 e. The van der Waals surface area contributed by atoms with Crippen molar-refractivity contribution in [3.8, 4) is 0 Å². The number of hydrogen-bond acceptors (Lipinski definition) is 6. The fourth-order valence-corrected chi connectivity index (χ4v) is 4.23. The summed E-state index contributed by atoms with van der Waals surface area (Å²) in [6.45, 7) is 10.7. The first-order valence-corrected chi connectivity index (χ1v) is 9.04. The summed E-state index contributed by atoms with van der Waals surface area (Å²) in [4.78, 5) is 2.43. The van der Waals surface area contributed by atoms with Crippen molar-refractivity contribution in [1.29, 1.82) is 0 Å². The first-order chi connectivity index (χ1) is 10.3. The quantitative estimate of drug-likeness (QED) is 0.839. The number of nitrogens with zero attached hydrogens (tertiary/aromatic N) is 2. The molecule has 8 heteroatoms. The Labute approximate surface area is 132 Å². The summed E-state index contributed by atoms with van der Waals surface area (Å²) >= 11 is 0. The maximum atomic E-state index is 12.5. The molecule has 1 atom stereocenters. The fourth-order valence-electron chi connectivity index (χ4n) is 2.74. The van der Waals surface area contributed by atoms with Crippen LogP contribution in [0.25, 0.3) is 0 Å². The van der Waals surface area contributed by atoms with Crippen LogP contribution in [0.1, 0.15) is 31.7 Å². The van der Waals surface area contributed by atoms with E-state index in [0.717, 1.165) is 19.5 Å². The third-order valence-electron chi connectivity index (χ3n) is 4.42. The standard InChI is InChI=1S/C14H25N3O4S/c1-5-14(4,17-6-8-20-9-7-17)10-15-22(18,19)13-11(2)16-21-12(13)3/h15H,5-10H2,1-4H3. The predicted octanol–water partition coefficient (Wildman–Crippen LogP) is 1.07. The number of morpholine rings is 1. The van der Waals surface area contributed by atoms with Crippen LogP contribution in [0.15, 0.2) is 9.42 Å². The number of ether oxygens (including phenoxy) is 1. The van der Waals surface area contributed by atoms with Gasteiger partial charge in [-0.1, -0.05) is 12.1 Å². The molecule has 1 aromatic heterocycles. The van der Waals surface area contributed by atoms with Gasteiger partial charge in [-0.15, -0.1) is 0 Å². The molecule has 2 heterocycles. The lowest BCUT2D eigenvalue weighted by Gasteiger charge is -2.42. The molecule has 7 nitrogen and oxygen atoms in total. The molecule has 126 valence electrons. The number of sulfonamides is 1. The fraction of sp³-hybridized carbons (Fsp3) is 0.786. The molecule has 1 N–H and O–H groups in total. The van der Waals surface area contributed by atoms with Crippen LogP contribution < -0.4 is 4.72 Å². The van der Waals surface area contributed by atoms with Gasteiger partial charge in [0.15, 0.2) is 5.76 Å². The monoisotopic (exact) mass is 331 g/mol. The number of hydrogen-bond donors (Lipinski definition) is 1. The van der Waals surface area contributed by atoms with Gasteiger partial charge in [0.1, 0.15) is 10.6 Å². The largest absolute Gasteiger partial charge is 0.379 e. The minimum atomic E-state index is -3.62. The highest BCUT2D eigenvalue weighted by Crippen LogP contribution is 2.23. The lowest BCUT2D eigenvalue weighted by molar-refractivity contribution is -0.0157. The van der Waals surface area contributed by atoms with Crippen molar-refractivity contribution in [2.45, 2.75) is 44.6 Å². The van der Waals surface area contributed by atoms with Crippen LogP contribution in [0.5, 0.6) is 0 Å². The molecule has 1 aliphatic heterocycles. The summed E-state index contributed by atoms with van der Waals surface area (Å²) in [6, 6.07) is 0. The Bertz CT molecular complexity index is 588. The number of aryl methyl sites for hydroxylation is 2. The smallest absolute Gasteiger partial charge is 0.246 e. The van der Waals surface area contributed by atoms with Gasteiger partial charge >= 0.3 is 0 Å². The van der Waals surface area contributed by atoms with Crippen LogP contribution in [0.4, 0.5) is 0 Å². The number of rotatable bonds is 6. The third kappa shape index (κ3) is 3.51. The van der Waals surface area contributed by atoms with Crippen LogP contribution in [0, 0.1) is 13.8 Å². The highest BCUT2D eigenvalue weighted by molar-refractivity contribution is 7.89. The molecular formula is C14H25N3O4S. The Morgan fingerprint density at radius 3 is 2.45 bits per heavy atom. The second-order valence-corrected chi connectivity index (χ2v) is 7.63. The summed E-state index contributed by atoms with van der Waals surface area (Å²) < 4.78 is 38.1. The maximum absolute atomic E-state index is 12.5. The maximum Gasteiger partial charge on any atom is 0.246 e. The second kappa shape index (κ2) is 6.66. The van der Waals surface area contributed by atoms with Crippen molar-refractivity contribution in [1.82, 2.24) is 14.8 Å². The van der Waals surface area contributed by atoms with Gasteiger partial charge < -0.3 is 9.26 Å². The summed E-state index contributed by atoms with van der Waals surface area (Å²) in [6.07, 6.45) is 0.844. The van der Waals surface area contributed by atoms with Gasteiger partial charge in [-0.3, -0.25) is 4.90 Å². The van der Waals surface area contributed by atoms with E-state index in [1.807, 2.05) is 0 Å². The van der Waals surface area contributed by atoms with Gasteiger partial charge in [0, 0.05) is 25.2 Å². The molecule has 0 radical (unpaired) electrons. The molecule has 2 rings (SSSR count). The lowest BCUT2D eigenvalue weighted by atomic mass is 9.96. The molecule has 22 heavy (non-hydrogen) atoms.